The number of carbonyl (C=O) groups excluding carboxylic acids is 1. The van der Waals surface area contributed by atoms with Gasteiger partial charge >= 0.3 is 0 Å². The quantitative estimate of drug-likeness (QED) is 0.632. The summed E-state index contributed by atoms with van der Waals surface area (Å²) in [5, 5.41) is 0. The molecule has 0 aromatic carbocycles. The summed E-state index contributed by atoms with van der Waals surface area (Å²) in [4.78, 5) is 11.9. The standard InChI is InChI=1S/C12H16O/c13-12(8-3-1-2-4-8)11-6-9-5-10(9)7-11/h3,9-11H,1-2,4-7H2. The van der Waals surface area contributed by atoms with Crippen LogP contribution in [0.3, 0.4) is 0 Å². The molecule has 1 heteroatoms. The van der Waals surface area contributed by atoms with E-state index in [0.29, 0.717) is 11.7 Å². The molecule has 0 bridgehead atoms. The van der Waals surface area contributed by atoms with Gasteiger partial charge in [-0.1, -0.05) is 6.08 Å². The third-order valence-electron chi connectivity index (χ3n) is 3.97. The Kier molecular flexibility index (Phi) is 1.61. The van der Waals surface area contributed by atoms with Gasteiger partial charge in [0.2, 0.25) is 0 Å². The average Bonchev–Trinajstić information content (AvgIpc) is 2.63. The Morgan fingerprint density at radius 2 is 2.00 bits per heavy atom. The van der Waals surface area contributed by atoms with Crippen molar-refractivity contribution in [1.29, 1.82) is 0 Å². The van der Waals surface area contributed by atoms with Gasteiger partial charge < -0.3 is 0 Å². The Labute approximate surface area is 79.2 Å². The van der Waals surface area contributed by atoms with Crippen LogP contribution >= 0.6 is 0 Å². The molecule has 0 aromatic heterocycles. The third kappa shape index (κ3) is 1.25. The summed E-state index contributed by atoms with van der Waals surface area (Å²) in [6, 6.07) is 0. The van der Waals surface area contributed by atoms with Crippen LogP contribution in [0.15, 0.2) is 11.6 Å². The smallest absolute Gasteiger partial charge is 0.161 e. The minimum absolute atomic E-state index is 0.424. The molecule has 13 heavy (non-hydrogen) atoms. The van der Waals surface area contributed by atoms with E-state index in [1.54, 1.807) is 0 Å². The lowest BCUT2D eigenvalue weighted by Crippen LogP contribution is -2.14. The fourth-order valence-corrected chi connectivity index (χ4v) is 3.09. The van der Waals surface area contributed by atoms with Crippen molar-refractivity contribution in [2.75, 3.05) is 0 Å². The van der Waals surface area contributed by atoms with Gasteiger partial charge in [0.05, 0.1) is 0 Å². The lowest BCUT2D eigenvalue weighted by molar-refractivity contribution is -0.119. The molecule has 0 spiro atoms. The first-order valence-electron chi connectivity index (χ1n) is 5.58. The van der Waals surface area contributed by atoms with Gasteiger partial charge in [0, 0.05) is 5.92 Å². The first-order chi connectivity index (χ1) is 6.34. The van der Waals surface area contributed by atoms with Crippen LogP contribution < -0.4 is 0 Å². The molecule has 3 aliphatic rings. The minimum atomic E-state index is 0.424. The monoisotopic (exact) mass is 176 g/mol. The van der Waals surface area contributed by atoms with Crippen molar-refractivity contribution in [1.82, 2.24) is 0 Å². The van der Waals surface area contributed by atoms with Crippen LogP contribution in [0.4, 0.5) is 0 Å². The highest BCUT2D eigenvalue weighted by molar-refractivity contribution is 5.97. The van der Waals surface area contributed by atoms with Gasteiger partial charge in [-0.3, -0.25) is 4.79 Å². The van der Waals surface area contributed by atoms with Gasteiger partial charge in [0.25, 0.3) is 0 Å². The molecule has 70 valence electrons. The topological polar surface area (TPSA) is 17.1 Å². The Morgan fingerprint density at radius 1 is 1.23 bits per heavy atom. The number of ketones is 1. The van der Waals surface area contributed by atoms with Crippen molar-refractivity contribution in [3.63, 3.8) is 0 Å². The molecule has 0 saturated heterocycles. The maximum atomic E-state index is 11.9. The van der Waals surface area contributed by atoms with Gasteiger partial charge in [-0.2, -0.15) is 0 Å². The Hall–Kier alpha value is -0.590. The highest BCUT2D eigenvalue weighted by Crippen LogP contribution is 2.55. The van der Waals surface area contributed by atoms with Gasteiger partial charge in [0.1, 0.15) is 0 Å². The summed E-state index contributed by atoms with van der Waals surface area (Å²) in [5.41, 5.74) is 1.16. The van der Waals surface area contributed by atoms with Gasteiger partial charge in [-0.25, -0.2) is 0 Å². The number of carbonyl (C=O) groups is 1. The van der Waals surface area contributed by atoms with E-state index in [1.807, 2.05) is 0 Å². The molecule has 2 fully saturated rings. The lowest BCUT2D eigenvalue weighted by atomic mass is 9.93. The maximum absolute atomic E-state index is 11.9. The molecule has 2 saturated carbocycles. The van der Waals surface area contributed by atoms with Crippen LogP contribution in [0.5, 0.6) is 0 Å². The molecule has 0 aliphatic heterocycles. The van der Waals surface area contributed by atoms with Gasteiger partial charge in [-0.15, -0.1) is 0 Å². The van der Waals surface area contributed by atoms with E-state index in [1.165, 1.54) is 25.7 Å². The fraction of sp³-hybridized carbons (Fsp3) is 0.750. The minimum Gasteiger partial charge on any atom is -0.294 e. The molecule has 1 nitrogen and oxygen atoms in total. The summed E-state index contributed by atoms with van der Waals surface area (Å²) in [7, 11) is 0. The second kappa shape index (κ2) is 2.70. The zero-order valence-corrected chi connectivity index (χ0v) is 7.96. The molecular weight excluding hydrogens is 160 g/mol. The number of Topliss-reactive ketones (excluding diaryl/α,β-unsaturated/α-hetero) is 1. The molecular formula is C12H16O. The summed E-state index contributed by atoms with van der Waals surface area (Å²) in [6.45, 7) is 0. The summed E-state index contributed by atoms with van der Waals surface area (Å²) in [5.74, 6) is 2.81. The van der Waals surface area contributed by atoms with Crippen molar-refractivity contribution in [3.05, 3.63) is 11.6 Å². The van der Waals surface area contributed by atoms with E-state index in [0.717, 1.165) is 30.3 Å². The van der Waals surface area contributed by atoms with E-state index in [2.05, 4.69) is 6.08 Å². The predicted molar refractivity (Wildman–Crippen MR) is 51.3 cm³/mol. The van der Waals surface area contributed by atoms with E-state index < -0.39 is 0 Å². The molecule has 3 aliphatic carbocycles. The first kappa shape index (κ1) is 7.78. The molecule has 0 aromatic rings. The summed E-state index contributed by atoms with van der Waals surface area (Å²) in [6.07, 6.45) is 9.42. The number of fused-ring (bicyclic) bond motifs is 1. The van der Waals surface area contributed by atoms with Crippen molar-refractivity contribution >= 4 is 5.78 Å². The highest BCUT2D eigenvalue weighted by Gasteiger charge is 2.48. The Balaban J connectivity index is 1.68. The molecule has 2 unspecified atom stereocenters. The zero-order chi connectivity index (χ0) is 8.84. The van der Waals surface area contributed by atoms with E-state index in [9.17, 15) is 4.79 Å². The third-order valence-corrected chi connectivity index (χ3v) is 3.97. The van der Waals surface area contributed by atoms with Crippen molar-refractivity contribution < 1.29 is 4.79 Å². The van der Waals surface area contributed by atoms with Crippen molar-refractivity contribution in [2.24, 2.45) is 17.8 Å². The molecule has 0 heterocycles. The fourth-order valence-electron chi connectivity index (χ4n) is 3.09. The van der Waals surface area contributed by atoms with Crippen LogP contribution in [-0.2, 0) is 4.79 Å². The van der Waals surface area contributed by atoms with Crippen molar-refractivity contribution in [2.45, 2.75) is 38.5 Å². The number of hydrogen-bond donors (Lipinski definition) is 0. The van der Waals surface area contributed by atoms with Crippen LogP contribution in [-0.4, -0.2) is 5.78 Å². The average molecular weight is 176 g/mol. The SMILES string of the molecule is O=C(C1=CCCC1)C1CC2CC2C1. The summed E-state index contributed by atoms with van der Waals surface area (Å²) < 4.78 is 0. The van der Waals surface area contributed by atoms with E-state index >= 15 is 0 Å². The number of allylic oxidation sites excluding steroid dienone is 2. The normalized spacial score (nSPS) is 41.5. The molecule has 0 N–H and O–H groups in total. The summed E-state index contributed by atoms with van der Waals surface area (Å²) >= 11 is 0. The number of hydrogen-bond acceptors (Lipinski definition) is 1. The molecule has 2 atom stereocenters. The van der Waals surface area contributed by atoms with Crippen LogP contribution in [0, 0.1) is 17.8 Å². The van der Waals surface area contributed by atoms with Gasteiger partial charge in [-0.05, 0) is 55.9 Å². The van der Waals surface area contributed by atoms with E-state index in [-0.39, 0.29) is 0 Å². The Bertz CT molecular complexity index is 267. The molecule has 0 amide bonds. The second-order valence-electron chi connectivity index (χ2n) is 4.91. The number of rotatable bonds is 2. The largest absolute Gasteiger partial charge is 0.294 e. The Morgan fingerprint density at radius 3 is 2.62 bits per heavy atom. The van der Waals surface area contributed by atoms with Gasteiger partial charge in [0.15, 0.2) is 5.78 Å². The van der Waals surface area contributed by atoms with Crippen LogP contribution in [0.1, 0.15) is 38.5 Å². The molecule has 0 radical (unpaired) electrons. The highest BCUT2D eigenvalue weighted by atomic mass is 16.1. The lowest BCUT2D eigenvalue weighted by Gasteiger charge is -2.10. The zero-order valence-electron chi connectivity index (χ0n) is 7.96. The predicted octanol–water partition coefficient (Wildman–Crippen LogP) is 2.71. The second-order valence-corrected chi connectivity index (χ2v) is 4.91. The molecule has 3 rings (SSSR count). The van der Waals surface area contributed by atoms with E-state index in [4.69, 9.17) is 0 Å². The van der Waals surface area contributed by atoms with Crippen LogP contribution in [0.2, 0.25) is 0 Å². The maximum Gasteiger partial charge on any atom is 0.161 e. The first-order valence-corrected chi connectivity index (χ1v) is 5.58. The van der Waals surface area contributed by atoms with Crippen molar-refractivity contribution in [3.8, 4) is 0 Å². The van der Waals surface area contributed by atoms with Crippen LogP contribution in [0.25, 0.3) is 0 Å².